The van der Waals surface area contributed by atoms with E-state index in [1.165, 1.54) is 0 Å². The SMILES string of the molecule is Cc1nc(C(=O)O)c(C(C)(C)C)c(=O)[nH]1. The molecule has 0 aromatic carbocycles. The lowest BCUT2D eigenvalue weighted by Gasteiger charge is -2.19. The van der Waals surface area contributed by atoms with Gasteiger partial charge in [-0.25, -0.2) is 9.78 Å². The van der Waals surface area contributed by atoms with Crippen LogP contribution in [-0.2, 0) is 5.41 Å². The molecular formula is C10H14N2O3. The molecule has 0 aliphatic heterocycles. The van der Waals surface area contributed by atoms with Crippen molar-refractivity contribution >= 4 is 5.97 Å². The highest BCUT2D eigenvalue weighted by Gasteiger charge is 2.26. The van der Waals surface area contributed by atoms with E-state index in [1.807, 2.05) is 0 Å². The molecule has 0 spiro atoms. The number of nitrogens with zero attached hydrogens (tertiary/aromatic N) is 1. The molecule has 0 atom stereocenters. The number of hydrogen-bond donors (Lipinski definition) is 2. The van der Waals surface area contributed by atoms with Gasteiger partial charge in [0.05, 0.1) is 5.56 Å². The summed E-state index contributed by atoms with van der Waals surface area (Å²) in [5.41, 5.74) is -0.876. The minimum Gasteiger partial charge on any atom is -0.476 e. The number of aryl methyl sites for hydroxylation is 1. The van der Waals surface area contributed by atoms with E-state index in [0.29, 0.717) is 5.82 Å². The molecule has 0 unspecified atom stereocenters. The molecule has 5 heteroatoms. The van der Waals surface area contributed by atoms with Crippen molar-refractivity contribution in [2.24, 2.45) is 0 Å². The summed E-state index contributed by atoms with van der Waals surface area (Å²) >= 11 is 0. The highest BCUT2D eigenvalue weighted by Crippen LogP contribution is 2.21. The molecule has 0 radical (unpaired) electrons. The molecule has 1 aromatic heterocycles. The van der Waals surface area contributed by atoms with Gasteiger partial charge in [-0.15, -0.1) is 0 Å². The third-order valence-corrected chi connectivity index (χ3v) is 1.99. The molecule has 1 aromatic rings. The highest BCUT2D eigenvalue weighted by molar-refractivity contribution is 5.87. The first-order chi connectivity index (χ1) is 6.73. The quantitative estimate of drug-likeness (QED) is 0.726. The molecule has 0 amide bonds. The van der Waals surface area contributed by atoms with Crippen LogP contribution in [0.5, 0.6) is 0 Å². The standard InChI is InChI=1S/C10H14N2O3/c1-5-11-7(9(14)15)6(8(13)12-5)10(2,3)4/h1-4H3,(H,14,15)(H,11,12,13). The monoisotopic (exact) mass is 210 g/mol. The number of aromatic nitrogens is 2. The number of aromatic carboxylic acids is 1. The third-order valence-electron chi connectivity index (χ3n) is 1.99. The zero-order valence-electron chi connectivity index (χ0n) is 9.21. The van der Waals surface area contributed by atoms with Gasteiger partial charge in [-0.3, -0.25) is 4.79 Å². The van der Waals surface area contributed by atoms with E-state index >= 15 is 0 Å². The van der Waals surface area contributed by atoms with Gasteiger partial charge >= 0.3 is 5.97 Å². The summed E-state index contributed by atoms with van der Waals surface area (Å²) in [5.74, 6) is -0.862. The van der Waals surface area contributed by atoms with Crippen molar-refractivity contribution in [2.45, 2.75) is 33.1 Å². The van der Waals surface area contributed by atoms with E-state index in [-0.39, 0.29) is 16.8 Å². The lowest BCUT2D eigenvalue weighted by atomic mass is 9.86. The van der Waals surface area contributed by atoms with Crippen molar-refractivity contribution in [3.05, 3.63) is 27.4 Å². The van der Waals surface area contributed by atoms with Crippen molar-refractivity contribution < 1.29 is 9.90 Å². The van der Waals surface area contributed by atoms with Crippen LogP contribution in [0.15, 0.2) is 4.79 Å². The molecule has 82 valence electrons. The van der Waals surface area contributed by atoms with Gasteiger partial charge in [0, 0.05) is 0 Å². The number of carboxylic acid groups (broad SMARTS) is 1. The van der Waals surface area contributed by atoms with Crippen LogP contribution in [0.4, 0.5) is 0 Å². The van der Waals surface area contributed by atoms with Gasteiger partial charge in [-0.05, 0) is 12.3 Å². The first kappa shape index (κ1) is 11.4. The summed E-state index contributed by atoms with van der Waals surface area (Å²) in [4.78, 5) is 29.0. The van der Waals surface area contributed by atoms with E-state index in [2.05, 4.69) is 9.97 Å². The lowest BCUT2D eigenvalue weighted by molar-refractivity contribution is 0.0686. The van der Waals surface area contributed by atoms with Crippen molar-refractivity contribution in [3.8, 4) is 0 Å². The first-order valence-electron chi connectivity index (χ1n) is 4.58. The summed E-state index contributed by atoms with van der Waals surface area (Å²) in [7, 11) is 0. The molecule has 0 saturated heterocycles. The molecule has 0 fully saturated rings. The molecule has 0 saturated carbocycles. The smallest absolute Gasteiger partial charge is 0.355 e. The Hall–Kier alpha value is -1.65. The van der Waals surface area contributed by atoms with Gasteiger partial charge in [-0.1, -0.05) is 20.8 Å². The number of rotatable bonds is 1. The highest BCUT2D eigenvalue weighted by atomic mass is 16.4. The van der Waals surface area contributed by atoms with Crippen molar-refractivity contribution in [3.63, 3.8) is 0 Å². The van der Waals surface area contributed by atoms with Gasteiger partial charge in [0.2, 0.25) is 0 Å². The van der Waals surface area contributed by atoms with Gasteiger partial charge in [0.25, 0.3) is 5.56 Å². The maximum Gasteiger partial charge on any atom is 0.355 e. The van der Waals surface area contributed by atoms with Gasteiger partial charge in [0.15, 0.2) is 5.69 Å². The minimum absolute atomic E-state index is 0.163. The van der Waals surface area contributed by atoms with E-state index in [9.17, 15) is 9.59 Å². The van der Waals surface area contributed by atoms with E-state index in [0.717, 1.165) is 0 Å². The second-order valence-corrected chi connectivity index (χ2v) is 4.43. The van der Waals surface area contributed by atoms with Crippen molar-refractivity contribution in [2.75, 3.05) is 0 Å². The fourth-order valence-electron chi connectivity index (χ4n) is 1.44. The summed E-state index contributed by atoms with van der Waals surface area (Å²) < 4.78 is 0. The zero-order chi connectivity index (χ0) is 11.8. The topological polar surface area (TPSA) is 83.0 Å². The Labute approximate surface area is 87.2 Å². The zero-order valence-corrected chi connectivity index (χ0v) is 9.21. The summed E-state index contributed by atoms with van der Waals surface area (Å²) in [6, 6.07) is 0. The Morgan fingerprint density at radius 3 is 2.33 bits per heavy atom. The molecular weight excluding hydrogens is 196 g/mol. The number of nitrogens with one attached hydrogen (secondary N) is 1. The van der Waals surface area contributed by atoms with Crippen LogP contribution in [0.2, 0.25) is 0 Å². The fraction of sp³-hybridized carbons (Fsp3) is 0.500. The van der Waals surface area contributed by atoms with Crippen LogP contribution in [0.25, 0.3) is 0 Å². The molecule has 5 nitrogen and oxygen atoms in total. The largest absolute Gasteiger partial charge is 0.476 e. The van der Waals surface area contributed by atoms with Crippen LogP contribution < -0.4 is 5.56 Å². The maximum absolute atomic E-state index is 11.7. The predicted octanol–water partition coefficient (Wildman–Crippen LogP) is 1.07. The minimum atomic E-state index is -1.17. The van der Waals surface area contributed by atoms with Gasteiger partial charge < -0.3 is 10.1 Å². The third kappa shape index (κ3) is 2.23. The molecule has 2 N–H and O–H groups in total. The Bertz CT molecular complexity index is 455. The Kier molecular flexibility index (Phi) is 2.66. The second kappa shape index (κ2) is 3.49. The summed E-state index contributed by atoms with van der Waals surface area (Å²) in [6.45, 7) is 6.89. The average Bonchev–Trinajstić information content (AvgIpc) is 1.99. The average molecular weight is 210 g/mol. The van der Waals surface area contributed by atoms with Crippen molar-refractivity contribution in [1.29, 1.82) is 0 Å². The van der Waals surface area contributed by atoms with Gasteiger partial charge in [0.1, 0.15) is 5.82 Å². The van der Waals surface area contributed by atoms with E-state index in [4.69, 9.17) is 5.11 Å². The normalized spacial score (nSPS) is 11.5. The molecule has 0 aliphatic rings. The number of hydrogen-bond acceptors (Lipinski definition) is 3. The molecule has 1 rings (SSSR count). The number of carbonyl (C=O) groups is 1. The molecule has 0 bridgehead atoms. The number of carboxylic acids is 1. The molecule has 0 aliphatic carbocycles. The van der Waals surface area contributed by atoms with Crippen molar-refractivity contribution in [1.82, 2.24) is 9.97 Å². The van der Waals surface area contributed by atoms with Crippen LogP contribution >= 0.6 is 0 Å². The summed E-state index contributed by atoms with van der Waals surface area (Å²) in [5, 5.41) is 8.96. The number of H-pyrrole nitrogens is 1. The van der Waals surface area contributed by atoms with Crippen LogP contribution in [0.3, 0.4) is 0 Å². The van der Waals surface area contributed by atoms with Gasteiger partial charge in [-0.2, -0.15) is 0 Å². The Morgan fingerprint density at radius 2 is 1.93 bits per heavy atom. The second-order valence-electron chi connectivity index (χ2n) is 4.43. The fourth-order valence-corrected chi connectivity index (χ4v) is 1.44. The van der Waals surface area contributed by atoms with Crippen LogP contribution in [0.1, 0.15) is 42.6 Å². The molecule has 15 heavy (non-hydrogen) atoms. The maximum atomic E-state index is 11.7. The molecule has 1 heterocycles. The van der Waals surface area contributed by atoms with E-state index in [1.54, 1.807) is 27.7 Å². The van der Waals surface area contributed by atoms with Crippen LogP contribution in [-0.4, -0.2) is 21.0 Å². The predicted molar refractivity (Wildman–Crippen MR) is 55.3 cm³/mol. The first-order valence-corrected chi connectivity index (χ1v) is 4.58. The van der Waals surface area contributed by atoms with Crippen LogP contribution in [0, 0.1) is 6.92 Å². The lowest BCUT2D eigenvalue weighted by Crippen LogP contribution is -2.30. The summed E-state index contributed by atoms with van der Waals surface area (Å²) in [6.07, 6.45) is 0. The Morgan fingerprint density at radius 1 is 1.40 bits per heavy atom. The Balaban J connectivity index is 3.63. The van der Waals surface area contributed by atoms with E-state index < -0.39 is 11.4 Å². The number of aromatic amines is 1.